The maximum absolute atomic E-state index is 13.6. The molecule has 5 rings (SSSR count). The van der Waals surface area contributed by atoms with E-state index in [4.69, 9.17) is 11.6 Å². The van der Waals surface area contributed by atoms with Gasteiger partial charge >= 0.3 is 5.69 Å². The number of nitrogens with one attached hydrogen (secondary N) is 1. The number of hydrogen-bond donors (Lipinski definition) is 1. The zero-order chi connectivity index (χ0) is 22.5. The highest BCUT2D eigenvalue weighted by Crippen LogP contribution is 2.32. The molecule has 1 aliphatic rings. The molecule has 164 valence electrons. The highest BCUT2D eigenvalue weighted by molar-refractivity contribution is 7.92. The molecule has 0 aliphatic carbocycles. The lowest BCUT2D eigenvalue weighted by Crippen LogP contribution is -2.34. The van der Waals surface area contributed by atoms with Gasteiger partial charge in [0.15, 0.2) is 0 Å². The molecule has 2 aromatic heterocycles. The van der Waals surface area contributed by atoms with Crippen LogP contribution in [0.4, 0.5) is 5.69 Å². The van der Waals surface area contributed by atoms with E-state index in [-0.39, 0.29) is 15.6 Å². The first-order valence-electron chi connectivity index (χ1n) is 10.0. The fourth-order valence-electron chi connectivity index (χ4n) is 4.02. The van der Waals surface area contributed by atoms with E-state index in [1.165, 1.54) is 33.8 Å². The van der Waals surface area contributed by atoms with Gasteiger partial charge in [0.05, 0.1) is 26.7 Å². The number of benzene rings is 2. The van der Waals surface area contributed by atoms with Crippen molar-refractivity contribution < 1.29 is 8.42 Å². The van der Waals surface area contributed by atoms with E-state index in [0.29, 0.717) is 22.4 Å². The van der Waals surface area contributed by atoms with Crippen molar-refractivity contribution in [1.82, 2.24) is 9.55 Å². The molecular weight excluding hydrogens is 470 g/mol. The second kappa shape index (κ2) is 7.91. The monoisotopic (exact) mass is 487 g/mol. The Hall–Kier alpha value is -2.88. The Morgan fingerprint density at radius 2 is 1.81 bits per heavy atom. The van der Waals surface area contributed by atoms with E-state index in [1.54, 1.807) is 17.5 Å². The SMILES string of the molecule is O=c1[nH]c2sccc2c(=O)n1-c1cc(S(=O)(=O)N2CCCCc3ccccc32)ccc1Cl. The van der Waals surface area contributed by atoms with Crippen LogP contribution in [0.15, 0.2) is 68.4 Å². The van der Waals surface area contributed by atoms with Crippen molar-refractivity contribution in [1.29, 1.82) is 0 Å². The highest BCUT2D eigenvalue weighted by Gasteiger charge is 2.29. The summed E-state index contributed by atoms with van der Waals surface area (Å²) in [5.41, 5.74) is 0.410. The van der Waals surface area contributed by atoms with Crippen LogP contribution in [-0.2, 0) is 16.4 Å². The second-order valence-electron chi connectivity index (χ2n) is 7.51. The maximum atomic E-state index is 13.6. The lowest BCUT2D eigenvalue weighted by Gasteiger charge is -2.25. The van der Waals surface area contributed by atoms with Crippen molar-refractivity contribution in [3.8, 4) is 5.69 Å². The molecule has 32 heavy (non-hydrogen) atoms. The van der Waals surface area contributed by atoms with Gasteiger partial charge in [0.2, 0.25) is 0 Å². The number of thiophene rings is 1. The average molecular weight is 488 g/mol. The molecular formula is C22H18ClN3O4S2. The Morgan fingerprint density at radius 3 is 2.66 bits per heavy atom. The molecule has 0 atom stereocenters. The Labute approximate surface area is 192 Å². The number of fused-ring (bicyclic) bond motifs is 2. The van der Waals surface area contributed by atoms with Crippen LogP contribution in [-0.4, -0.2) is 24.5 Å². The van der Waals surface area contributed by atoms with Crippen molar-refractivity contribution >= 4 is 48.9 Å². The molecule has 0 bridgehead atoms. The summed E-state index contributed by atoms with van der Waals surface area (Å²) in [6.07, 6.45) is 2.42. The quantitative estimate of drug-likeness (QED) is 0.474. The van der Waals surface area contributed by atoms with E-state index < -0.39 is 21.3 Å². The summed E-state index contributed by atoms with van der Waals surface area (Å²) in [5, 5.41) is 2.13. The highest BCUT2D eigenvalue weighted by atomic mass is 35.5. The van der Waals surface area contributed by atoms with Gasteiger partial charge in [0.1, 0.15) is 4.83 Å². The third kappa shape index (κ3) is 3.37. The molecule has 0 saturated carbocycles. The van der Waals surface area contributed by atoms with Gasteiger partial charge in [-0.15, -0.1) is 11.3 Å². The number of rotatable bonds is 3. The van der Waals surface area contributed by atoms with Gasteiger partial charge in [-0.3, -0.25) is 14.1 Å². The molecule has 0 radical (unpaired) electrons. The largest absolute Gasteiger partial charge is 0.334 e. The summed E-state index contributed by atoms with van der Waals surface area (Å²) < 4.78 is 29.6. The number of H-pyrrole nitrogens is 1. The Balaban J connectivity index is 1.69. The fourth-order valence-corrected chi connectivity index (χ4v) is 6.55. The van der Waals surface area contributed by atoms with Crippen molar-refractivity contribution in [2.24, 2.45) is 0 Å². The van der Waals surface area contributed by atoms with Gasteiger partial charge in [0, 0.05) is 6.54 Å². The fraction of sp³-hybridized carbons (Fsp3) is 0.182. The van der Waals surface area contributed by atoms with Crippen LogP contribution in [0.25, 0.3) is 15.9 Å². The van der Waals surface area contributed by atoms with Crippen LogP contribution in [0.5, 0.6) is 0 Å². The molecule has 0 amide bonds. The van der Waals surface area contributed by atoms with Gasteiger partial charge in [-0.25, -0.2) is 17.8 Å². The van der Waals surface area contributed by atoms with Crippen LogP contribution < -0.4 is 15.6 Å². The lowest BCUT2D eigenvalue weighted by atomic mass is 10.1. The molecule has 1 N–H and O–H groups in total. The maximum Gasteiger partial charge on any atom is 0.334 e. The predicted octanol–water partition coefficient (Wildman–Crippen LogP) is 3.93. The molecule has 4 aromatic rings. The average Bonchev–Trinajstić information content (AvgIpc) is 3.12. The minimum Gasteiger partial charge on any atom is -0.298 e. The summed E-state index contributed by atoms with van der Waals surface area (Å²) in [5.74, 6) is 0. The summed E-state index contributed by atoms with van der Waals surface area (Å²) in [6.45, 7) is 0.346. The molecule has 1 aliphatic heterocycles. The van der Waals surface area contributed by atoms with E-state index >= 15 is 0 Å². The predicted molar refractivity (Wildman–Crippen MR) is 127 cm³/mol. The summed E-state index contributed by atoms with van der Waals surface area (Å²) in [6, 6.07) is 13.1. The third-order valence-electron chi connectivity index (χ3n) is 5.59. The summed E-state index contributed by atoms with van der Waals surface area (Å²) in [4.78, 5) is 28.7. The molecule has 0 fully saturated rings. The molecule has 7 nitrogen and oxygen atoms in total. The number of sulfonamides is 1. The van der Waals surface area contributed by atoms with Crippen LogP contribution >= 0.6 is 22.9 Å². The summed E-state index contributed by atoms with van der Waals surface area (Å²) >= 11 is 7.57. The van der Waals surface area contributed by atoms with Crippen molar-refractivity contribution in [2.75, 3.05) is 10.8 Å². The number of aryl methyl sites for hydroxylation is 1. The zero-order valence-corrected chi connectivity index (χ0v) is 19.1. The second-order valence-corrected chi connectivity index (χ2v) is 10.7. The van der Waals surface area contributed by atoms with E-state index in [2.05, 4.69) is 4.98 Å². The summed E-state index contributed by atoms with van der Waals surface area (Å²) in [7, 11) is -3.95. The van der Waals surface area contributed by atoms with E-state index in [9.17, 15) is 18.0 Å². The Bertz CT molecular complexity index is 1570. The molecule has 0 unspecified atom stereocenters. The van der Waals surface area contributed by atoms with Gasteiger partial charge in [-0.1, -0.05) is 29.8 Å². The number of anilines is 1. The number of aromatic nitrogens is 2. The van der Waals surface area contributed by atoms with Crippen LogP contribution in [0.1, 0.15) is 18.4 Å². The van der Waals surface area contributed by atoms with Crippen molar-refractivity contribution in [3.63, 3.8) is 0 Å². The van der Waals surface area contributed by atoms with Gasteiger partial charge in [0.25, 0.3) is 15.6 Å². The number of aromatic amines is 1. The minimum atomic E-state index is -3.95. The molecule has 2 aromatic carbocycles. The van der Waals surface area contributed by atoms with E-state index in [0.717, 1.165) is 29.4 Å². The number of nitrogens with zero attached hydrogens (tertiary/aromatic N) is 2. The Morgan fingerprint density at radius 1 is 1.00 bits per heavy atom. The number of para-hydroxylation sites is 1. The van der Waals surface area contributed by atoms with Crippen LogP contribution in [0, 0.1) is 0 Å². The standard InChI is InChI=1S/C22H18ClN3O4S2/c23-17-9-8-15(13-19(17)26-21(27)16-10-12-31-20(16)24-22(26)28)32(29,30)25-11-4-3-6-14-5-1-2-7-18(14)25/h1-2,5,7-10,12-13H,3-4,6,11H2,(H,24,28). The minimum absolute atomic E-state index is 0.0233. The first kappa shape index (κ1) is 21.0. The van der Waals surface area contributed by atoms with Crippen molar-refractivity contribution in [3.05, 3.63) is 85.3 Å². The normalized spacial score (nSPS) is 14.3. The zero-order valence-electron chi connectivity index (χ0n) is 16.7. The number of hydrogen-bond acceptors (Lipinski definition) is 5. The first-order valence-corrected chi connectivity index (χ1v) is 12.7. The van der Waals surface area contributed by atoms with Crippen LogP contribution in [0.2, 0.25) is 5.02 Å². The number of halogens is 1. The van der Waals surface area contributed by atoms with Gasteiger partial charge < -0.3 is 0 Å². The topological polar surface area (TPSA) is 92.2 Å². The first-order chi connectivity index (χ1) is 15.4. The Kier molecular flexibility index (Phi) is 5.19. The smallest absolute Gasteiger partial charge is 0.298 e. The van der Waals surface area contributed by atoms with Gasteiger partial charge in [-0.2, -0.15) is 0 Å². The molecule has 0 spiro atoms. The van der Waals surface area contributed by atoms with E-state index in [1.807, 2.05) is 18.2 Å². The molecule has 0 saturated heterocycles. The lowest BCUT2D eigenvalue weighted by molar-refractivity contribution is 0.589. The third-order valence-corrected chi connectivity index (χ3v) is 8.55. The molecule has 10 heteroatoms. The van der Waals surface area contributed by atoms with Crippen molar-refractivity contribution in [2.45, 2.75) is 24.2 Å². The van der Waals surface area contributed by atoms with Crippen LogP contribution in [0.3, 0.4) is 0 Å². The van der Waals surface area contributed by atoms with Gasteiger partial charge in [-0.05, 0) is 60.5 Å². The molecule has 3 heterocycles.